The standard InChI is InChI=1S/C15H9F3N2O6S/c16-15(17,18)27(24,25)26-12-6-10(22)5-11-13(12)14(23)20(7-19-11)8-1-3-9(21)4-2-8/h1-7,21-22H. The van der Waals surface area contributed by atoms with Gasteiger partial charge >= 0.3 is 15.6 Å². The molecular formula is C15H9F3N2O6S. The first-order chi connectivity index (χ1) is 12.5. The maximum atomic E-state index is 12.7. The molecule has 0 amide bonds. The minimum absolute atomic E-state index is 0.0919. The van der Waals surface area contributed by atoms with Crippen molar-refractivity contribution in [2.75, 3.05) is 0 Å². The highest BCUT2D eigenvalue weighted by Gasteiger charge is 2.49. The van der Waals surface area contributed by atoms with Crippen molar-refractivity contribution in [3.8, 4) is 22.9 Å². The molecule has 0 fully saturated rings. The minimum atomic E-state index is -6.08. The van der Waals surface area contributed by atoms with Crippen molar-refractivity contribution in [2.45, 2.75) is 5.51 Å². The summed E-state index contributed by atoms with van der Waals surface area (Å²) in [6.07, 6.45) is 1.03. The Labute approximate surface area is 148 Å². The molecule has 1 aromatic heterocycles. The molecule has 0 aliphatic rings. The van der Waals surface area contributed by atoms with Crippen molar-refractivity contribution in [1.29, 1.82) is 0 Å². The van der Waals surface area contributed by atoms with E-state index in [4.69, 9.17) is 0 Å². The normalized spacial score (nSPS) is 12.3. The Hall–Kier alpha value is -3.28. The number of benzene rings is 2. The summed E-state index contributed by atoms with van der Waals surface area (Å²) < 4.78 is 65.4. The average molecular weight is 402 g/mol. The van der Waals surface area contributed by atoms with Gasteiger partial charge in [0, 0.05) is 12.1 Å². The summed E-state index contributed by atoms with van der Waals surface area (Å²) >= 11 is 0. The molecule has 12 heteroatoms. The number of hydrogen-bond donors (Lipinski definition) is 2. The van der Waals surface area contributed by atoms with Crippen LogP contribution in [0.25, 0.3) is 16.6 Å². The molecule has 0 spiro atoms. The lowest BCUT2D eigenvalue weighted by atomic mass is 10.2. The summed E-state index contributed by atoms with van der Waals surface area (Å²) in [6.45, 7) is 0. The van der Waals surface area contributed by atoms with E-state index >= 15 is 0 Å². The fourth-order valence-corrected chi connectivity index (χ4v) is 2.69. The van der Waals surface area contributed by atoms with Gasteiger partial charge in [0.15, 0.2) is 5.75 Å². The fourth-order valence-electron chi connectivity index (χ4n) is 2.22. The van der Waals surface area contributed by atoms with E-state index < -0.39 is 38.1 Å². The highest BCUT2D eigenvalue weighted by atomic mass is 32.2. The van der Waals surface area contributed by atoms with Crippen LogP contribution < -0.4 is 9.74 Å². The monoisotopic (exact) mass is 402 g/mol. The Balaban J connectivity index is 2.27. The zero-order chi connectivity index (χ0) is 20.0. The molecule has 3 rings (SSSR count). The predicted molar refractivity (Wildman–Crippen MR) is 86.3 cm³/mol. The van der Waals surface area contributed by atoms with Gasteiger partial charge in [0.05, 0.1) is 11.2 Å². The number of alkyl halides is 3. The molecule has 0 aliphatic heterocycles. The van der Waals surface area contributed by atoms with E-state index in [0.29, 0.717) is 6.07 Å². The highest BCUT2D eigenvalue weighted by Crippen LogP contribution is 2.32. The molecule has 8 nitrogen and oxygen atoms in total. The van der Waals surface area contributed by atoms with E-state index in [2.05, 4.69) is 9.17 Å². The summed E-state index contributed by atoms with van der Waals surface area (Å²) in [5.41, 5.74) is -6.76. The number of nitrogens with zero attached hydrogens (tertiary/aromatic N) is 2. The topological polar surface area (TPSA) is 119 Å². The Morgan fingerprint density at radius 3 is 2.26 bits per heavy atom. The third-order valence-corrected chi connectivity index (χ3v) is 4.39. The third-order valence-electron chi connectivity index (χ3n) is 3.42. The second kappa shape index (κ2) is 6.16. The summed E-state index contributed by atoms with van der Waals surface area (Å²) in [5, 5.41) is 18.3. The molecule has 27 heavy (non-hydrogen) atoms. The summed E-state index contributed by atoms with van der Waals surface area (Å²) in [5.74, 6) is -1.76. The SMILES string of the molecule is O=c1c2c(OS(=O)(=O)C(F)(F)F)cc(O)cc2ncn1-c1ccc(O)cc1. The van der Waals surface area contributed by atoms with Crippen LogP contribution in [-0.4, -0.2) is 33.7 Å². The number of halogens is 3. The van der Waals surface area contributed by atoms with Crippen LogP contribution in [0.5, 0.6) is 17.2 Å². The molecule has 142 valence electrons. The molecule has 1 heterocycles. The molecule has 0 aliphatic carbocycles. The lowest BCUT2D eigenvalue weighted by molar-refractivity contribution is -0.0499. The van der Waals surface area contributed by atoms with E-state index in [9.17, 15) is 36.6 Å². The zero-order valence-corrected chi connectivity index (χ0v) is 13.8. The van der Waals surface area contributed by atoms with Gasteiger partial charge in [-0.05, 0) is 24.3 Å². The number of rotatable bonds is 3. The van der Waals surface area contributed by atoms with Crippen LogP contribution in [0.15, 0.2) is 47.5 Å². The Bertz CT molecular complexity index is 1190. The second-order valence-electron chi connectivity index (χ2n) is 5.26. The zero-order valence-electron chi connectivity index (χ0n) is 13.0. The number of hydrogen-bond acceptors (Lipinski definition) is 7. The van der Waals surface area contributed by atoms with Crippen LogP contribution in [0.2, 0.25) is 0 Å². The smallest absolute Gasteiger partial charge is 0.508 e. The Kier molecular flexibility index (Phi) is 4.22. The van der Waals surface area contributed by atoms with E-state index in [1.807, 2.05) is 0 Å². The van der Waals surface area contributed by atoms with E-state index in [1.54, 1.807) is 0 Å². The number of phenols is 2. The number of aromatic hydroxyl groups is 2. The molecule has 3 aromatic rings. The van der Waals surface area contributed by atoms with Crippen LogP contribution in [0.3, 0.4) is 0 Å². The van der Waals surface area contributed by atoms with Crippen LogP contribution >= 0.6 is 0 Å². The van der Waals surface area contributed by atoms with Crippen molar-refractivity contribution in [2.24, 2.45) is 0 Å². The van der Waals surface area contributed by atoms with Crippen molar-refractivity contribution in [3.63, 3.8) is 0 Å². The molecule has 2 aromatic carbocycles. The van der Waals surface area contributed by atoms with Gasteiger partial charge in [0.25, 0.3) is 5.56 Å². The van der Waals surface area contributed by atoms with Crippen LogP contribution in [0, 0.1) is 0 Å². The van der Waals surface area contributed by atoms with Gasteiger partial charge in [-0.15, -0.1) is 0 Å². The molecule has 0 bridgehead atoms. The molecule has 2 N–H and O–H groups in total. The van der Waals surface area contributed by atoms with Crippen LogP contribution in [0.4, 0.5) is 13.2 Å². The van der Waals surface area contributed by atoms with Gasteiger partial charge in [-0.3, -0.25) is 9.36 Å². The number of aromatic nitrogens is 2. The molecule has 0 radical (unpaired) electrons. The van der Waals surface area contributed by atoms with Crippen LogP contribution in [-0.2, 0) is 10.1 Å². The summed E-state index contributed by atoms with van der Waals surface area (Å²) in [7, 11) is -6.08. The van der Waals surface area contributed by atoms with Gasteiger partial charge in [-0.25, -0.2) is 4.98 Å². The van der Waals surface area contributed by atoms with Gasteiger partial charge in [0.1, 0.15) is 23.2 Å². The van der Waals surface area contributed by atoms with Crippen molar-refractivity contribution in [1.82, 2.24) is 9.55 Å². The maximum absolute atomic E-state index is 12.7. The van der Waals surface area contributed by atoms with Gasteiger partial charge < -0.3 is 14.4 Å². The molecular weight excluding hydrogens is 393 g/mol. The van der Waals surface area contributed by atoms with Gasteiger partial charge in [-0.2, -0.15) is 21.6 Å². The molecule has 0 unspecified atom stereocenters. The number of phenolic OH excluding ortho intramolecular Hbond substituents is 2. The Morgan fingerprint density at radius 1 is 1.04 bits per heavy atom. The third kappa shape index (κ3) is 3.38. The average Bonchev–Trinajstić information content (AvgIpc) is 2.54. The fraction of sp³-hybridized carbons (Fsp3) is 0.0667. The van der Waals surface area contributed by atoms with Gasteiger partial charge in [-0.1, -0.05) is 0 Å². The predicted octanol–water partition coefficient (Wildman–Crippen LogP) is 2.03. The highest BCUT2D eigenvalue weighted by molar-refractivity contribution is 7.88. The van der Waals surface area contributed by atoms with Crippen molar-refractivity contribution >= 4 is 21.0 Å². The minimum Gasteiger partial charge on any atom is -0.508 e. The molecule has 0 atom stereocenters. The maximum Gasteiger partial charge on any atom is 0.534 e. The second-order valence-corrected chi connectivity index (χ2v) is 6.80. The van der Waals surface area contributed by atoms with Crippen molar-refractivity contribution < 1.29 is 36.0 Å². The lowest BCUT2D eigenvalue weighted by Crippen LogP contribution is -2.29. The quantitative estimate of drug-likeness (QED) is 0.508. The van der Waals surface area contributed by atoms with E-state index in [0.717, 1.165) is 17.0 Å². The van der Waals surface area contributed by atoms with Crippen LogP contribution in [0.1, 0.15) is 0 Å². The summed E-state index contributed by atoms with van der Waals surface area (Å²) in [6, 6.07) is 6.71. The molecule has 0 saturated heterocycles. The van der Waals surface area contributed by atoms with Gasteiger partial charge in [0.2, 0.25) is 0 Å². The first kappa shape index (κ1) is 18.5. The summed E-state index contributed by atoms with van der Waals surface area (Å²) in [4.78, 5) is 16.5. The first-order valence-corrected chi connectivity index (χ1v) is 8.45. The van der Waals surface area contributed by atoms with E-state index in [1.165, 1.54) is 24.3 Å². The largest absolute Gasteiger partial charge is 0.534 e. The van der Waals surface area contributed by atoms with Crippen molar-refractivity contribution in [3.05, 3.63) is 53.1 Å². The lowest BCUT2D eigenvalue weighted by Gasteiger charge is -2.13. The number of fused-ring (bicyclic) bond motifs is 1. The molecule has 0 saturated carbocycles. The van der Waals surface area contributed by atoms with E-state index in [-0.39, 0.29) is 17.0 Å². The Morgan fingerprint density at radius 2 is 1.67 bits per heavy atom. The first-order valence-electron chi connectivity index (χ1n) is 7.04.